The first-order valence-electron chi connectivity index (χ1n) is 8.57. The molecule has 4 nitrogen and oxygen atoms in total. The summed E-state index contributed by atoms with van der Waals surface area (Å²) in [4.78, 5) is 21.3. The van der Waals surface area contributed by atoms with E-state index in [0.29, 0.717) is 6.42 Å². The average Bonchev–Trinajstić information content (AvgIpc) is 2.99. The van der Waals surface area contributed by atoms with E-state index in [4.69, 9.17) is 0 Å². The van der Waals surface area contributed by atoms with Gasteiger partial charge in [0.05, 0.1) is 10.7 Å². The van der Waals surface area contributed by atoms with Gasteiger partial charge in [0.2, 0.25) is 5.91 Å². The topological polar surface area (TPSA) is 36.4 Å². The van der Waals surface area contributed by atoms with Crippen molar-refractivity contribution < 1.29 is 4.79 Å². The molecule has 128 valence electrons. The van der Waals surface area contributed by atoms with Gasteiger partial charge >= 0.3 is 0 Å². The Morgan fingerprint density at radius 1 is 1.12 bits per heavy atom. The van der Waals surface area contributed by atoms with Crippen LogP contribution in [0.1, 0.15) is 28.2 Å². The Hall–Kier alpha value is -1.72. The van der Waals surface area contributed by atoms with Gasteiger partial charge in [-0.05, 0) is 25.8 Å². The lowest BCUT2D eigenvalue weighted by molar-refractivity contribution is -0.133. The quantitative estimate of drug-likeness (QED) is 0.837. The maximum absolute atomic E-state index is 12.4. The Morgan fingerprint density at radius 3 is 2.46 bits per heavy atom. The average molecular weight is 343 g/mol. The maximum atomic E-state index is 12.4. The van der Waals surface area contributed by atoms with E-state index < -0.39 is 0 Å². The minimum Gasteiger partial charge on any atom is -0.340 e. The van der Waals surface area contributed by atoms with Crippen LogP contribution in [0.4, 0.5) is 0 Å². The zero-order chi connectivity index (χ0) is 16.9. The zero-order valence-corrected chi connectivity index (χ0v) is 15.3. The lowest BCUT2D eigenvalue weighted by Gasteiger charge is -2.34. The van der Waals surface area contributed by atoms with Gasteiger partial charge in [0.25, 0.3) is 0 Å². The van der Waals surface area contributed by atoms with Crippen molar-refractivity contribution >= 4 is 17.2 Å². The summed E-state index contributed by atoms with van der Waals surface area (Å²) in [6, 6.07) is 8.46. The van der Waals surface area contributed by atoms with E-state index in [1.807, 2.05) is 11.8 Å². The number of hydrogen-bond donors (Lipinski definition) is 0. The van der Waals surface area contributed by atoms with Crippen LogP contribution in [0.5, 0.6) is 0 Å². The highest BCUT2D eigenvalue weighted by Gasteiger charge is 2.21. The molecule has 0 aliphatic carbocycles. The smallest absolute Gasteiger partial charge is 0.222 e. The largest absolute Gasteiger partial charge is 0.340 e. The van der Waals surface area contributed by atoms with E-state index in [1.54, 1.807) is 11.3 Å². The van der Waals surface area contributed by atoms with E-state index in [1.165, 1.54) is 11.1 Å². The van der Waals surface area contributed by atoms with Gasteiger partial charge in [0, 0.05) is 44.5 Å². The fourth-order valence-electron chi connectivity index (χ4n) is 3.03. The fraction of sp³-hybridized carbons (Fsp3) is 0.474. The van der Waals surface area contributed by atoms with Crippen LogP contribution in [0.25, 0.3) is 0 Å². The summed E-state index contributed by atoms with van der Waals surface area (Å²) < 4.78 is 0. The van der Waals surface area contributed by atoms with Crippen molar-refractivity contribution in [1.29, 1.82) is 0 Å². The first-order chi connectivity index (χ1) is 11.6. The molecule has 1 fully saturated rings. The molecular formula is C19H25N3OS. The summed E-state index contributed by atoms with van der Waals surface area (Å²) in [5.74, 6) is 0.278. The van der Waals surface area contributed by atoms with E-state index >= 15 is 0 Å². The van der Waals surface area contributed by atoms with Crippen LogP contribution in [0.3, 0.4) is 0 Å². The highest BCUT2D eigenvalue weighted by atomic mass is 32.1. The molecule has 2 aromatic rings. The summed E-state index contributed by atoms with van der Waals surface area (Å²) in [7, 11) is 0. The third-order valence-electron chi connectivity index (χ3n) is 4.53. The van der Waals surface area contributed by atoms with E-state index in [-0.39, 0.29) is 5.91 Å². The van der Waals surface area contributed by atoms with Crippen LogP contribution in [0, 0.1) is 13.8 Å². The highest BCUT2D eigenvalue weighted by molar-refractivity contribution is 7.09. The molecule has 2 heterocycles. The van der Waals surface area contributed by atoms with Crippen molar-refractivity contribution in [2.75, 3.05) is 26.2 Å². The molecule has 5 heteroatoms. The van der Waals surface area contributed by atoms with E-state index in [2.05, 4.69) is 46.5 Å². The van der Waals surface area contributed by atoms with Gasteiger partial charge in [-0.25, -0.2) is 4.98 Å². The molecule has 3 rings (SSSR count). The number of thiazole rings is 1. The Morgan fingerprint density at radius 2 is 1.83 bits per heavy atom. The Labute approximate surface area is 148 Å². The van der Waals surface area contributed by atoms with Crippen LogP contribution in [0.2, 0.25) is 0 Å². The van der Waals surface area contributed by atoms with Gasteiger partial charge in [-0.1, -0.05) is 29.8 Å². The first kappa shape index (κ1) is 17.1. The second-order valence-electron chi connectivity index (χ2n) is 6.50. The lowest BCUT2D eigenvalue weighted by atomic mass is 10.1. The number of rotatable bonds is 5. The number of aromatic nitrogens is 1. The van der Waals surface area contributed by atoms with Crippen LogP contribution in [-0.2, 0) is 17.8 Å². The van der Waals surface area contributed by atoms with Gasteiger partial charge in [0.1, 0.15) is 0 Å². The first-order valence-corrected chi connectivity index (χ1v) is 9.45. The lowest BCUT2D eigenvalue weighted by Crippen LogP contribution is -2.48. The Kier molecular flexibility index (Phi) is 5.63. The van der Waals surface area contributed by atoms with Gasteiger partial charge in [-0.3, -0.25) is 9.69 Å². The summed E-state index contributed by atoms with van der Waals surface area (Å²) in [6.07, 6.45) is 1.44. The second-order valence-corrected chi connectivity index (χ2v) is 7.56. The van der Waals surface area contributed by atoms with Gasteiger partial charge < -0.3 is 4.90 Å². The van der Waals surface area contributed by atoms with E-state index in [9.17, 15) is 4.79 Å². The number of amides is 1. The summed E-state index contributed by atoms with van der Waals surface area (Å²) in [6.45, 7) is 8.56. The molecule has 0 N–H and O–H groups in total. The second kappa shape index (κ2) is 7.90. The molecular weight excluding hydrogens is 318 g/mol. The molecule has 0 radical (unpaired) electrons. The minimum absolute atomic E-state index is 0.278. The number of nitrogens with zero attached hydrogens (tertiary/aromatic N) is 3. The standard InChI is InChI=1S/C19H25N3OS/c1-15-3-5-17(6-4-15)7-8-19(23)22-11-9-21(10-12-22)13-18-14-24-16(2)20-18/h3-6,14H,7-13H2,1-2H3. The molecule has 0 bridgehead atoms. The SMILES string of the molecule is Cc1ccc(CCC(=O)N2CCN(Cc3csc(C)n3)CC2)cc1. The van der Waals surface area contributed by atoms with Crippen LogP contribution < -0.4 is 0 Å². The third-order valence-corrected chi connectivity index (χ3v) is 5.35. The van der Waals surface area contributed by atoms with Gasteiger partial charge in [-0.15, -0.1) is 11.3 Å². The molecule has 1 aliphatic rings. The molecule has 0 unspecified atom stereocenters. The predicted octanol–water partition coefficient (Wildman–Crippen LogP) is 3.04. The summed E-state index contributed by atoms with van der Waals surface area (Å²) >= 11 is 1.70. The fourth-order valence-corrected chi connectivity index (χ4v) is 3.63. The van der Waals surface area contributed by atoms with Crippen molar-refractivity contribution in [3.63, 3.8) is 0 Å². The van der Waals surface area contributed by atoms with Gasteiger partial charge in [0.15, 0.2) is 0 Å². The van der Waals surface area contributed by atoms with Crippen molar-refractivity contribution in [3.05, 3.63) is 51.5 Å². The number of piperazine rings is 1. The molecule has 1 aromatic heterocycles. The predicted molar refractivity (Wildman–Crippen MR) is 98.2 cm³/mol. The van der Waals surface area contributed by atoms with Crippen LogP contribution in [0.15, 0.2) is 29.6 Å². The number of aryl methyl sites for hydroxylation is 3. The number of carbonyl (C=O) groups excluding carboxylic acids is 1. The molecule has 0 saturated carbocycles. The molecule has 1 aromatic carbocycles. The summed E-state index contributed by atoms with van der Waals surface area (Å²) in [5.41, 5.74) is 3.65. The number of hydrogen-bond acceptors (Lipinski definition) is 4. The Balaban J connectivity index is 1.42. The van der Waals surface area contributed by atoms with Crippen molar-refractivity contribution in [1.82, 2.24) is 14.8 Å². The van der Waals surface area contributed by atoms with Crippen molar-refractivity contribution in [2.45, 2.75) is 33.2 Å². The third kappa shape index (κ3) is 4.65. The zero-order valence-electron chi connectivity index (χ0n) is 14.5. The summed E-state index contributed by atoms with van der Waals surface area (Å²) in [5, 5.41) is 3.25. The van der Waals surface area contributed by atoms with Gasteiger partial charge in [-0.2, -0.15) is 0 Å². The minimum atomic E-state index is 0.278. The van der Waals surface area contributed by atoms with Crippen LogP contribution in [-0.4, -0.2) is 46.9 Å². The van der Waals surface area contributed by atoms with Crippen molar-refractivity contribution in [3.8, 4) is 0 Å². The maximum Gasteiger partial charge on any atom is 0.222 e. The molecule has 1 saturated heterocycles. The molecule has 1 amide bonds. The number of benzene rings is 1. The monoisotopic (exact) mass is 343 g/mol. The Bertz CT molecular complexity index is 672. The van der Waals surface area contributed by atoms with Crippen LogP contribution >= 0.6 is 11.3 Å². The van der Waals surface area contributed by atoms with E-state index in [0.717, 1.165) is 49.8 Å². The highest BCUT2D eigenvalue weighted by Crippen LogP contribution is 2.13. The number of carbonyl (C=O) groups is 1. The molecule has 0 spiro atoms. The molecule has 1 aliphatic heterocycles. The normalized spacial score (nSPS) is 15.7. The molecule has 24 heavy (non-hydrogen) atoms. The van der Waals surface area contributed by atoms with Crippen molar-refractivity contribution in [2.24, 2.45) is 0 Å². The molecule has 0 atom stereocenters.